The van der Waals surface area contributed by atoms with Crippen LogP contribution in [0.5, 0.6) is 11.5 Å². The van der Waals surface area contributed by atoms with Crippen molar-refractivity contribution < 1.29 is 29.0 Å². The number of ether oxygens (including phenoxy) is 2. The van der Waals surface area contributed by atoms with E-state index in [1.54, 1.807) is 37.4 Å². The molecule has 1 fully saturated rings. The van der Waals surface area contributed by atoms with Gasteiger partial charge in [-0.05, 0) is 85.0 Å². The number of benzene rings is 3. The summed E-state index contributed by atoms with van der Waals surface area (Å²) in [6.07, 6.45) is 2.65. The fraction of sp³-hybridized carbons (Fsp3) is 0.321. The molecule has 36 heavy (non-hydrogen) atoms. The van der Waals surface area contributed by atoms with E-state index in [0.29, 0.717) is 55.6 Å². The van der Waals surface area contributed by atoms with Crippen LogP contribution in [0, 0.1) is 5.92 Å². The summed E-state index contributed by atoms with van der Waals surface area (Å²) in [5, 5.41) is 16.7. The molecule has 4 rings (SSSR count). The first kappa shape index (κ1) is 25.0. The van der Waals surface area contributed by atoms with Crippen molar-refractivity contribution in [3.63, 3.8) is 0 Å². The van der Waals surface area contributed by atoms with E-state index in [-0.39, 0.29) is 23.8 Å². The van der Waals surface area contributed by atoms with Crippen LogP contribution in [0.4, 0.5) is 0 Å². The van der Waals surface area contributed by atoms with Gasteiger partial charge in [-0.2, -0.15) is 0 Å². The third-order valence-corrected chi connectivity index (χ3v) is 6.45. The zero-order chi connectivity index (χ0) is 25.5. The van der Waals surface area contributed by atoms with E-state index in [1.165, 1.54) is 0 Å². The van der Waals surface area contributed by atoms with Gasteiger partial charge in [0.15, 0.2) is 0 Å². The Morgan fingerprint density at radius 1 is 0.778 bits per heavy atom. The number of carbonyl (C=O) groups is 3. The summed E-state index contributed by atoms with van der Waals surface area (Å²) in [5.74, 6) is -0.0430. The Morgan fingerprint density at radius 2 is 1.33 bits per heavy atom. The number of carbonyl (C=O) groups excluding carboxylic acids is 2. The summed E-state index contributed by atoms with van der Waals surface area (Å²) in [6.45, 7) is 0.589. The summed E-state index contributed by atoms with van der Waals surface area (Å²) < 4.78 is 11.2. The molecule has 3 aromatic carbocycles. The van der Waals surface area contributed by atoms with Crippen molar-refractivity contribution in [3.8, 4) is 11.5 Å². The SMILES string of the molecule is COc1ccc2cc(C(=O)NCCNC(=O)c3ccc(OC4CCC(C(=O)O)CC4)cc3)ccc2c1. The van der Waals surface area contributed by atoms with Gasteiger partial charge < -0.3 is 25.2 Å². The van der Waals surface area contributed by atoms with Crippen LogP contribution in [0.25, 0.3) is 10.8 Å². The zero-order valence-corrected chi connectivity index (χ0v) is 20.2. The van der Waals surface area contributed by atoms with E-state index in [0.717, 1.165) is 16.5 Å². The second-order valence-corrected chi connectivity index (χ2v) is 8.89. The molecule has 0 unspecified atom stereocenters. The van der Waals surface area contributed by atoms with Crippen LogP contribution >= 0.6 is 0 Å². The van der Waals surface area contributed by atoms with Crippen molar-refractivity contribution in [1.29, 1.82) is 0 Å². The minimum absolute atomic E-state index is 0.00526. The lowest BCUT2D eigenvalue weighted by atomic mass is 9.87. The molecule has 188 valence electrons. The van der Waals surface area contributed by atoms with Crippen LogP contribution in [-0.4, -0.2) is 49.2 Å². The quantitative estimate of drug-likeness (QED) is 0.390. The van der Waals surface area contributed by atoms with Crippen molar-refractivity contribution in [1.82, 2.24) is 10.6 Å². The molecule has 1 aliphatic carbocycles. The lowest BCUT2D eigenvalue weighted by Crippen LogP contribution is -2.34. The number of hydrogen-bond acceptors (Lipinski definition) is 5. The molecule has 0 spiro atoms. The molecule has 3 aromatic rings. The lowest BCUT2D eigenvalue weighted by molar-refractivity contribution is -0.143. The largest absolute Gasteiger partial charge is 0.497 e. The van der Waals surface area contributed by atoms with Gasteiger partial charge in [-0.15, -0.1) is 0 Å². The third kappa shape index (κ3) is 6.33. The van der Waals surface area contributed by atoms with Crippen molar-refractivity contribution in [2.75, 3.05) is 20.2 Å². The van der Waals surface area contributed by atoms with Gasteiger partial charge in [0.1, 0.15) is 11.5 Å². The zero-order valence-electron chi connectivity index (χ0n) is 20.2. The molecule has 1 saturated carbocycles. The predicted octanol–water partition coefficient (Wildman–Crippen LogP) is 4.03. The molecule has 0 atom stereocenters. The minimum atomic E-state index is -0.738. The van der Waals surface area contributed by atoms with Gasteiger partial charge in [0.2, 0.25) is 0 Å². The number of hydrogen-bond donors (Lipinski definition) is 3. The van der Waals surface area contributed by atoms with Crippen LogP contribution in [0.15, 0.2) is 60.7 Å². The highest BCUT2D eigenvalue weighted by atomic mass is 16.5. The lowest BCUT2D eigenvalue weighted by Gasteiger charge is -2.26. The number of nitrogens with one attached hydrogen (secondary N) is 2. The maximum atomic E-state index is 12.5. The van der Waals surface area contributed by atoms with Gasteiger partial charge in [-0.1, -0.05) is 12.1 Å². The highest BCUT2D eigenvalue weighted by Crippen LogP contribution is 2.28. The molecule has 8 nitrogen and oxygen atoms in total. The molecular formula is C28H30N2O6. The fourth-order valence-corrected chi connectivity index (χ4v) is 4.35. The Labute approximate surface area is 209 Å². The van der Waals surface area contributed by atoms with E-state index in [4.69, 9.17) is 14.6 Å². The van der Waals surface area contributed by atoms with Gasteiger partial charge in [0.25, 0.3) is 11.8 Å². The Balaban J connectivity index is 1.20. The number of amides is 2. The topological polar surface area (TPSA) is 114 Å². The molecule has 0 aromatic heterocycles. The van der Waals surface area contributed by atoms with E-state index < -0.39 is 5.97 Å². The number of carboxylic acid groups (broad SMARTS) is 1. The summed E-state index contributed by atoms with van der Waals surface area (Å²) in [6, 6.07) is 18.0. The highest BCUT2D eigenvalue weighted by molar-refractivity contribution is 5.99. The summed E-state index contributed by atoms with van der Waals surface area (Å²) in [4.78, 5) is 36.0. The molecular weight excluding hydrogens is 460 g/mol. The van der Waals surface area contributed by atoms with Crippen LogP contribution < -0.4 is 20.1 Å². The number of carboxylic acids is 1. The monoisotopic (exact) mass is 490 g/mol. The maximum absolute atomic E-state index is 12.5. The molecule has 0 heterocycles. The van der Waals surface area contributed by atoms with Crippen LogP contribution in [0.2, 0.25) is 0 Å². The first-order valence-corrected chi connectivity index (χ1v) is 12.1. The molecule has 8 heteroatoms. The fourth-order valence-electron chi connectivity index (χ4n) is 4.35. The Hall–Kier alpha value is -4.07. The van der Waals surface area contributed by atoms with Gasteiger partial charge in [-0.25, -0.2) is 0 Å². The molecule has 3 N–H and O–H groups in total. The maximum Gasteiger partial charge on any atom is 0.306 e. The van der Waals surface area contributed by atoms with Gasteiger partial charge in [-0.3, -0.25) is 14.4 Å². The Morgan fingerprint density at radius 3 is 1.97 bits per heavy atom. The summed E-state index contributed by atoms with van der Waals surface area (Å²) in [5.41, 5.74) is 1.04. The van der Waals surface area contributed by atoms with Crippen molar-refractivity contribution in [3.05, 3.63) is 71.8 Å². The normalized spacial score (nSPS) is 17.2. The van der Waals surface area contributed by atoms with Gasteiger partial charge >= 0.3 is 5.97 Å². The van der Waals surface area contributed by atoms with Crippen molar-refractivity contribution >= 4 is 28.6 Å². The minimum Gasteiger partial charge on any atom is -0.497 e. The first-order valence-electron chi connectivity index (χ1n) is 12.1. The summed E-state index contributed by atoms with van der Waals surface area (Å²) >= 11 is 0. The van der Waals surface area contributed by atoms with Gasteiger partial charge in [0, 0.05) is 24.2 Å². The van der Waals surface area contributed by atoms with E-state index in [2.05, 4.69) is 10.6 Å². The predicted molar refractivity (Wildman–Crippen MR) is 136 cm³/mol. The number of methoxy groups -OCH3 is 1. The Bertz CT molecular complexity index is 1230. The number of fused-ring (bicyclic) bond motifs is 1. The average Bonchev–Trinajstić information content (AvgIpc) is 2.91. The molecule has 1 aliphatic rings. The smallest absolute Gasteiger partial charge is 0.306 e. The van der Waals surface area contributed by atoms with Crippen molar-refractivity contribution in [2.24, 2.45) is 5.92 Å². The standard InChI is InChI=1S/C28H30N2O6/c1-35-25-13-8-20-16-22(3-2-21(20)17-25)27(32)30-15-14-29-26(31)18-4-9-23(10-5-18)36-24-11-6-19(7-12-24)28(33)34/h2-5,8-10,13,16-17,19,24H,6-7,11-12,14-15H2,1H3,(H,29,31)(H,30,32)(H,33,34). The molecule has 2 amide bonds. The van der Waals surface area contributed by atoms with E-state index in [9.17, 15) is 14.4 Å². The number of rotatable bonds is 9. The van der Waals surface area contributed by atoms with Crippen molar-refractivity contribution in [2.45, 2.75) is 31.8 Å². The van der Waals surface area contributed by atoms with Crippen LogP contribution in [-0.2, 0) is 4.79 Å². The van der Waals surface area contributed by atoms with E-state index >= 15 is 0 Å². The van der Waals surface area contributed by atoms with E-state index in [1.807, 2.05) is 30.3 Å². The molecule has 0 radical (unpaired) electrons. The second-order valence-electron chi connectivity index (χ2n) is 8.89. The van der Waals surface area contributed by atoms with Gasteiger partial charge in [0.05, 0.1) is 19.1 Å². The molecule has 0 saturated heterocycles. The molecule has 0 aliphatic heterocycles. The number of aliphatic carboxylic acids is 1. The average molecular weight is 491 g/mol. The first-order chi connectivity index (χ1) is 17.4. The second kappa shape index (κ2) is 11.6. The summed E-state index contributed by atoms with van der Waals surface area (Å²) in [7, 11) is 1.61. The van der Waals surface area contributed by atoms with Crippen LogP contribution in [0.3, 0.4) is 0 Å². The Kier molecular flexibility index (Phi) is 8.05. The van der Waals surface area contributed by atoms with Crippen LogP contribution in [0.1, 0.15) is 46.4 Å². The third-order valence-electron chi connectivity index (χ3n) is 6.45. The molecule has 0 bridgehead atoms. The highest BCUT2D eigenvalue weighted by Gasteiger charge is 2.26.